The molecule has 3 aliphatic heterocycles. The van der Waals surface area contributed by atoms with E-state index in [1.54, 1.807) is 13.3 Å². The molecule has 3 saturated heterocycles. The number of aromatic nitrogens is 1. The van der Waals surface area contributed by atoms with Crippen LogP contribution in [0.1, 0.15) is 37.9 Å². The molecule has 5 atom stereocenters. The van der Waals surface area contributed by atoms with Gasteiger partial charge in [-0.15, -0.1) is 6.58 Å². The number of esters is 1. The molecule has 0 radical (unpaired) electrons. The van der Waals surface area contributed by atoms with Crippen molar-refractivity contribution < 1.29 is 14.3 Å². The van der Waals surface area contributed by atoms with Crippen LogP contribution in [0.3, 0.4) is 0 Å². The minimum absolute atomic E-state index is 0.166. The lowest BCUT2D eigenvalue weighted by molar-refractivity contribution is -0.156. The van der Waals surface area contributed by atoms with E-state index in [1.807, 2.05) is 31.2 Å². The highest BCUT2D eigenvalue weighted by Gasteiger charge is 2.44. The molecule has 0 saturated carbocycles. The van der Waals surface area contributed by atoms with Gasteiger partial charge < -0.3 is 9.47 Å². The first-order chi connectivity index (χ1) is 13.6. The zero-order valence-electron chi connectivity index (χ0n) is 16.6. The van der Waals surface area contributed by atoms with Gasteiger partial charge in [0.25, 0.3) is 0 Å². The van der Waals surface area contributed by atoms with Gasteiger partial charge in [0.05, 0.1) is 18.7 Å². The smallest absolute Gasteiger partial charge is 0.306 e. The second kappa shape index (κ2) is 7.92. The van der Waals surface area contributed by atoms with Crippen molar-refractivity contribution in [1.29, 1.82) is 0 Å². The Morgan fingerprint density at radius 2 is 2.29 bits per heavy atom. The van der Waals surface area contributed by atoms with Crippen LogP contribution in [-0.2, 0) is 9.53 Å². The van der Waals surface area contributed by atoms with Gasteiger partial charge in [-0.3, -0.25) is 14.7 Å². The highest BCUT2D eigenvalue weighted by Crippen LogP contribution is 2.43. The average Bonchev–Trinajstić information content (AvgIpc) is 2.76. The number of methoxy groups -OCH3 is 1. The third-order valence-corrected chi connectivity index (χ3v) is 6.34. The summed E-state index contributed by atoms with van der Waals surface area (Å²) in [6, 6.07) is 8.03. The first-order valence-electron chi connectivity index (χ1n) is 10.1. The van der Waals surface area contributed by atoms with Gasteiger partial charge in [0.2, 0.25) is 0 Å². The lowest BCUT2D eigenvalue weighted by Gasteiger charge is -2.51. The molecule has 28 heavy (non-hydrogen) atoms. The monoisotopic (exact) mass is 380 g/mol. The molecule has 3 fully saturated rings. The molecular formula is C23H28N2O3. The van der Waals surface area contributed by atoms with Crippen molar-refractivity contribution >= 4 is 16.9 Å². The number of carbonyl (C=O) groups is 1. The van der Waals surface area contributed by atoms with Crippen LogP contribution in [0.5, 0.6) is 5.75 Å². The molecule has 1 unspecified atom stereocenters. The number of ether oxygens (including phenoxy) is 2. The fourth-order valence-corrected chi connectivity index (χ4v) is 4.79. The second-order valence-corrected chi connectivity index (χ2v) is 7.79. The summed E-state index contributed by atoms with van der Waals surface area (Å²) in [6.45, 7) is 7.90. The molecular weight excluding hydrogens is 352 g/mol. The minimum Gasteiger partial charge on any atom is -0.497 e. The number of nitrogens with zero attached hydrogens (tertiary/aromatic N) is 2. The summed E-state index contributed by atoms with van der Waals surface area (Å²) in [5, 5.41) is 0.985. The van der Waals surface area contributed by atoms with E-state index < -0.39 is 0 Å². The lowest BCUT2D eigenvalue weighted by Crippen LogP contribution is -2.55. The molecule has 0 aliphatic carbocycles. The highest BCUT2D eigenvalue weighted by molar-refractivity contribution is 5.84. The van der Waals surface area contributed by atoms with Gasteiger partial charge in [-0.05, 0) is 55.5 Å². The van der Waals surface area contributed by atoms with Crippen LogP contribution in [0.25, 0.3) is 10.9 Å². The molecule has 2 aromatic rings. The summed E-state index contributed by atoms with van der Waals surface area (Å²) < 4.78 is 11.5. The maximum Gasteiger partial charge on any atom is 0.306 e. The SMILES string of the molecule is C=C[C@@H]1CN2CC[C@H]1C[C@@H]2[C@H](OC(=O)CC)c1ccnc2ccc(OC)cc12. The summed E-state index contributed by atoms with van der Waals surface area (Å²) in [5.74, 6) is 1.75. The van der Waals surface area contributed by atoms with Gasteiger partial charge in [-0.1, -0.05) is 13.0 Å². The van der Waals surface area contributed by atoms with Crippen molar-refractivity contribution in [2.24, 2.45) is 11.8 Å². The van der Waals surface area contributed by atoms with Crippen molar-refractivity contribution in [3.8, 4) is 5.75 Å². The largest absolute Gasteiger partial charge is 0.497 e. The topological polar surface area (TPSA) is 51.7 Å². The fourth-order valence-electron chi connectivity index (χ4n) is 4.79. The van der Waals surface area contributed by atoms with Gasteiger partial charge in [0.1, 0.15) is 11.9 Å². The third kappa shape index (κ3) is 3.39. The number of benzene rings is 1. The standard InChI is InChI=1S/C23H28N2O3/c1-4-15-14-25-11-9-16(15)12-21(25)23(28-22(26)5-2)18-8-10-24-20-7-6-17(27-3)13-19(18)20/h4,6-8,10,13,15-16,21,23H,1,5,9,11-12,14H2,2-3H3/t15-,16+,21-,23-/m1/s1. The van der Waals surface area contributed by atoms with Gasteiger partial charge >= 0.3 is 5.97 Å². The molecule has 3 aliphatic rings. The Morgan fingerprint density at radius 3 is 2.96 bits per heavy atom. The van der Waals surface area contributed by atoms with Gasteiger partial charge in [0.15, 0.2) is 0 Å². The van der Waals surface area contributed by atoms with Crippen LogP contribution in [-0.4, -0.2) is 42.1 Å². The Balaban J connectivity index is 1.76. The Labute approximate surface area is 166 Å². The second-order valence-electron chi connectivity index (χ2n) is 7.79. The number of pyridine rings is 1. The molecule has 2 bridgehead atoms. The Morgan fingerprint density at radius 1 is 1.43 bits per heavy atom. The van der Waals surface area contributed by atoms with Crippen LogP contribution in [0.4, 0.5) is 0 Å². The van der Waals surface area contributed by atoms with Crippen molar-refractivity contribution in [3.05, 3.63) is 48.7 Å². The normalized spacial score (nSPS) is 27.4. The van der Waals surface area contributed by atoms with E-state index in [4.69, 9.17) is 9.47 Å². The number of fused-ring (bicyclic) bond motifs is 4. The quantitative estimate of drug-likeness (QED) is 0.557. The first kappa shape index (κ1) is 18.9. The number of piperidine rings is 3. The summed E-state index contributed by atoms with van der Waals surface area (Å²) in [6.07, 6.45) is 6.17. The maximum absolute atomic E-state index is 12.3. The van der Waals surface area contributed by atoms with E-state index in [2.05, 4.69) is 22.5 Å². The molecule has 5 rings (SSSR count). The number of hydrogen-bond donors (Lipinski definition) is 0. The molecule has 1 aromatic carbocycles. The molecule has 5 nitrogen and oxygen atoms in total. The van der Waals surface area contributed by atoms with Crippen molar-refractivity contribution in [2.45, 2.75) is 38.3 Å². The molecule has 0 spiro atoms. The first-order valence-corrected chi connectivity index (χ1v) is 10.1. The van der Waals surface area contributed by atoms with Gasteiger partial charge in [-0.25, -0.2) is 0 Å². The fraction of sp³-hybridized carbons (Fsp3) is 0.478. The molecule has 1 aromatic heterocycles. The van der Waals surface area contributed by atoms with Crippen LogP contribution in [0.2, 0.25) is 0 Å². The molecule has 0 N–H and O–H groups in total. The van der Waals surface area contributed by atoms with E-state index in [0.717, 1.165) is 41.7 Å². The van der Waals surface area contributed by atoms with Crippen molar-refractivity contribution in [2.75, 3.05) is 20.2 Å². The van der Waals surface area contributed by atoms with Gasteiger partial charge in [0, 0.05) is 30.1 Å². The van der Waals surface area contributed by atoms with Crippen molar-refractivity contribution in [3.63, 3.8) is 0 Å². The zero-order valence-corrected chi connectivity index (χ0v) is 16.6. The average molecular weight is 380 g/mol. The predicted molar refractivity (Wildman–Crippen MR) is 109 cm³/mol. The zero-order chi connectivity index (χ0) is 19.7. The molecule has 0 amide bonds. The van der Waals surface area contributed by atoms with Crippen molar-refractivity contribution in [1.82, 2.24) is 9.88 Å². The summed E-state index contributed by atoms with van der Waals surface area (Å²) in [4.78, 5) is 19.3. The maximum atomic E-state index is 12.3. The summed E-state index contributed by atoms with van der Waals surface area (Å²) in [5.41, 5.74) is 1.90. The van der Waals surface area contributed by atoms with Crippen LogP contribution < -0.4 is 4.74 Å². The van der Waals surface area contributed by atoms with E-state index in [-0.39, 0.29) is 18.1 Å². The van der Waals surface area contributed by atoms with E-state index >= 15 is 0 Å². The molecule has 148 valence electrons. The summed E-state index contributed by atoms with van der Waals surface area (Å²) >= 11 is 0. The highest BCUT2D eigenvalue weighted by atomic mass is 16.5. The lowest BCUT2D eigenvalue weighted by atomic mass is 9.73. The predicted octanol–water partition coefficient (Wildman–Crippen LogP) is 4.13. The van der Waals surface area contributed by atoms with E-state index in [1.165, 1.54) is 6.42 Å². The van der Waals surface area contributed by atoms with E-state index in [9.17, 15) is 4.79 Å². The minimum atomic E-state index is -0.307. The number of rotatable bonds is 6. The Hall–Kier alpha value is -2.40. The Bertz CT molecular complexity index is 881. The Kier molecular flexibility index (Phi) is 5.36. The summed E-state index contributed by atoms with van der Waals surface area (Å²) in [7, 11) is 1.66. The van der Waals surface area contributed by atoms with Crippen LogP contribution in [0, 0.1) is 11.8 Å². The third-order valence-electron chi connectivity index (χ3n) is 6.34. The molecule has 5 heteroatoms. The van der Waals surface area contributed by atoms with E-state index in [0.29, 0.717) is 18.3 Å². The molecule has 4 heterocycles. The van der Waals surface area contributed by atoms with Crippen LogP contribution in [0.15, 0.2) is 43.1 Å². The van der Waals surface area contributed by atoms with Crippen LogP contribution >= 0.6 is 0 Å². The number of hydrogen-bond acceptors (Lipinski definition) is 5. The number of carbonyl (C=O) groups excluding carboxylic acids is 1. The van der Waals surface area contributed by atoms with Gasteiger partial charge in [-0.2, -0.15) is 0 Å².